The van der Waals surface area contributed by atoms with Crippen LogP contribution in [-0.2, 0) is 26.2 Å². The first kappa shape index (κ1) is 32.5. The fourth-order valence-corrected chi connectivity index (χ4v) is 7.95. The van der Waals surface area contributed by atoms with Crippen LogP contribution in [0, 0.1) is 5.92 Å². The van der Waals surface area contributed by atoms with Gasteiger partial charge in [0.25, 0.3) is 0 Å². The van der Waals surface area contributed by atoms with Gasteiger partial charge in [0.2, 0.25) is 22.7 Å². The van der Waals surface area contributed by atoms with E-state index in [1.165, 1.54) is 4.31 Å². The van der Waals surface area contributed by atoms with E-state index < -0.39 is 33.9 Å². The number of likely N-dealkylation sites (tertiary alicyclic amines) is 1. The summed E-state index contributed by atoms with van der Waals surface area (Å²) >= 11 is 0. The minimum atomic E-state index is -3.35. The predicted octanol–water partition coefficient (Wildman–Crippen LogP) is 1.38. The fraction of sp³-hybridized carbons (Fsp3) is 0.724. The van der Waals surface area contributed by atoms with E-state index in [1.807, 2.05) is 23.9 Å². The largest absolute Gasteiger partial charge is 0.481 e. The Labute approximate surface area is 249 Å². The Morgan fingerprint density at radius 1 is 1.12 bits per heavy atom. The number of carbonyl (C=O) groups excluding carboxylic acids is 1. The van der Waals surface area contributed by atoms with Crippen molar-refractivity contribution in [1.82, 2.24) is 19.0 Å². The average Bonchev–Trinajstić information content (AvgIpc) is 3.64. The summed E-state index contributed by atoms with van der Waals surface area (Å²) in [4.78, 5) is 32.5. The van der Waals surface area contributed by atoms with Crippen LogP contribution in [0.3, 0.4) is 0 Å². The van der Waals surface area contributed by atoms with Crippen molar-refractivity contribution in [2.75, 3.05) is 72.5 Å². The Hall–Kier alpha value is -2.45. The van der Waals surface area contributed by atoms with Gasteiger partial charge in [0.15, 0.2) is 11.5 Å². The summed E-state index contributed by atoms with van der Waals surface area (Å²) in [7, 11) is 0.647. The quantitative estimate of drug-likeness (QED) is 0.299. The van der Waals surface area contributed by atoms with E-state index in [4.69, 9.17) is 9.47 Å². The molecule has 3 atom stereocenters. The third kappa shape index (κ3) is 7.54. The maximum absolute atomic E-state index is 13.7. The van der Waals surface area contributed by atoms with Gasteiger partial charge < -0.3 is 29.5 Å². The van der Waals surface area contributed by atoms with Gasteiger partial charge in [0.05, 0.1) is 24.8 Å². The number of sulfonamides is 1. The van der Waals surface area contributed by atoms with E-state index in [1.54, 1.807) is 12.1 Å². The summed E-state index contributed by atoms with van der Waals surface area (Å²) < 4.78 is 37.6. The number of fused-ring (bicyclic) bond motifs is 1. The molecule has 42 heavy (non-hydrogen) atoms. The summed E-state index contributed by atoms with van der Waals surface area (Å²) in [6.45, 7) is 4.93. The van der Waals surface area contributed by atoms with Crippen LogP contribution in [0.4, 0.5) is 0 Å². The van der Waals surface area contributed by atoms with Gasteiger partial charge in [-0.15, -0.1) is 0 Å². The summed E-state index contributed by atoms with van der Waals surface area (Å²) in [5.74, 6) is -1.40. The molecule has 0 unspecified atom stereocenters. The lowest BCUT2D eigenvalue weighted by Gasteiger charge is -2.30. The van der Waals surface area contributed by atoms with Crippen LogP contribution in [-0.4, -0.2) is 128 Å². The van der Waals surface area contributed by atoms with E-state index in [2.05, 4.69) is 11.8 Å². The number of rotatable bonds is 15. The summed E-state index contributed by atoms with van der Waals surface area (Å²) in [5.41, 5.74) is 1.21. The predicted molar refractivity (Wildman–Crippen MR) is 157 cm³/mol. The molecular formula is C29H46N4O8S. The van der Waals surface area contributed by atoms with E-state index in [9.17, 15) is 28.2 Å². The Balaban J connectivity index is 1.61. The molecule has 2 saturated heterocycles. The van der Waals surface area contributed by atoms with Crippen LogP contribution in [0.1, 0.15) is 56.1 Å². The molecule has 3 aliphatic heterocycles. The highest BCUT2D eigenvalue weighted by Crippen LogP contribution is 2.44. The first-order chi connectivity index (χ1) is 20.1. The maximum atomic E-state index is 13.7. The van der Waals surface area contributed by atoms with Crippen LogP contribution < -0.4 is 9.47 Å². The summed E-state index contributed by atoms with van der Waals surface area (Å²) in [6.07, 6.45) is 3.52. The zero-order valence-electron chi connectivity index (χ0n) is 25.0. The number of aliphatic carboxylic acids is 1. The molecule has 0 aliphatic carbocycles. The number of benzene rings is 1. The van der Waals surface area contributed by atoms with Gasteiger partial charge in [-0.05, 0) is 64.0 Å². The van der Waals surface area contributed by atoms with Gasteiger partial charge in [0, 0.05) is 50.2 Å². The maximum Gasteiger partial charge on any atom is 0.308 e. The van der Waals surface area contributed by atoms with Gasteiger partial charge in [-0.3, -0.25) is 14.5 Å². The number of hydrogen-bond donors (Lipinski definition) is 2. The number of carbonyl (C=O) groups is 2. The second-order valence-corrected chi connectivity index (χ2v) is 13.9. The molecule has 1 amide bonds. The number of amides is 1. The lowest BCUT2D eigenvalue weighted by Crippen LogP contribution is -2.46. The van der Waals surface area contributed by atoms with E-state index >= 15 is 0 Å². The molecule has 2 fully saturated rings. The SMILES string of the molecule is CCCCN(CCCN(C)C)C(=O)CN1C[C@H](c2cc(CO)c3c(c2)OCO3)[C@@H](C(=O)O)[C@@H]1CCN1CCCS1(=O)=O. The van der Waals surface area contributed by atoms with Crippen molar-refractivity contribution in [2.45, 2.75) is 57.6 Å². The molecule has 2 N–H and O–H groups in total. The minimum absolute atomic E-state index is 0.0216. The molecule has 0 aromatic heterocycles. The average molecular weight is 611 g/mol. The number of ether oxygens (including phenoxy) is 2. The highest BCUT2D eigenvalue weighted by molar-refractivity contribution is 7.89. The molecule has 0 spiro atoms. The van der Waals surface area contributed by atoms with Crippen molar-refractivity contribution in [3.8, 4) is 11.5 Å². The highest BCUT2D eigenvalue weighted by Gasteiger charge is 2.48. The second-order valence-electron chi connectivity index (χ2n) is 11.8. The highest BCUT2D eigenvalue weighted by atomic mass is 32.2. The first-order valence-corrected chi connectivity index (χ1v) is 16.6. The smallest absolute Gasteiger partial charge is 0.308 e. The molecule has 12 nitrogen and oxygen atoms in total. The number of aliphatic hydroxyl groups is 1. The number of nitrogens with zero attached hydrogens (tertiary/aromatic N) is 4. The Morgan fingerprint density at radius 3 is 2.52 bits per heavy atom. The molecule has 236 valence electrons. The van der Waals surface area contributed by atoms with Crippen molar-refractivity contribution < 1.29 is 37.7 Å². The molecule has 1 aromatic rings. The van der Waals surface area contributed by atoms with Crippen LogP contribution >= 0.6 is 0 Å². The van der Waals surface area contributed by atoms with Crippen molar-refractivity contribution in [3.63, 3.8) is 0 Å². The number of hydrogen-bond acceptors (Lipinski definition) is 9. The molecule has 4 rings (SSSR count). The molecule has 0 bridgehead atoms. The molecule has 3 aliphatic rings. The number of carboxylic acids is 1. The molecule has 0 saturated carbocycles. The zero-order valence-corrected chi connectivity index (χ0v) is 25.9. The normalized spacial score (nSPS) is 23.6. The van der Waals surface area contributed by atoms with Crippen molar-refractivity contribution in [3.05, 3.63) is 23.3 Å². The van der Waals surface area contributed by atoms with Crippen LogP contribution in [0.5, 0.6) is 11.5 Å². The lowest BCUT2D eigenvalue weighted by atomic mass is 9.83. The van der Waals surface area contributed by atoms with E-state index in [0.717, 1.165) is 25.8 Å². The Bertz CT molecular complexity index is 1210. The van der Waals surface area contributed by atoms with Crippen molar-refractivity contribution in [1.29, 1.82) is 0 Å². The summed E-state index contributed by atoms with van der Waals surface area (Å²) in [5, 5.41) is 20.5. The molecular weight excluding hydrogens is 564 g/mol. The molecule has 0 radical (unpaired) electrons. The van der Waals surface area contributed by atoms with Gasteiger partial charge >= 0.3 is 5.97 Å². The monoisotopic (exact) mass is 610 g/mol. The second kappa shape index (κ2) is 14.3. The molecule has 1 aromatic carbocycles. The fourth-order valence-electron chi connectivity index (χ4n) is 6.41. The third-order valence-electron chi connectivity index (χ3n) is 8.59. The van der Waals surface area contributed by atoms with E-state index in [0.29, 0.717) is 61.6 Å². The topological polar surface area (TPSA) is 140 Å². The minimum Gasteiger partial charge on any atom is -0.481 e. The standard InChI is InChI=1S/C29H46N4O8S/c1-4-5-10-31(11-6-9-30(2)3)26(35)18-32-17-23(21-15-22(19-34)28-25(16-21)40-20-41-28)27(29(36)37)24(32)8-13-33-12-7-14-42(33,38)39/h15-16,23-24,27,34H,4-14,17-20H2,1-3H3,(H,36,37)/t23-,24+,27-/m1/s1. The van der Waals surface area contributed by atoms with Crippen molar-refractivity contribution in [2.24, 2.45) is 5.92 Å². The number of unbranched alkanes of at least 4 members (excludes halogenated alkanes) is 1. The van der Waals surface area contributed by atoms with Crippen molar-refractivity contribution >= 4 is 21.9 Å². The Morgan fingerprint density at radius 2 is 1.88 bits per heavy atom. The van der Waals surface area contributed by atoms with Gasteiger partial charge in [-0.25, -0.2) is 12.7 Å². The van der Waals surface area contributed by atoms with Gasteiger partial charge in [-0.2, -0.15) is 0 Å². The third-order valence-corrected chi connectivity index (χ3v) is 10.5. The number of carboxylic acid groups (broad SMARTS) is 1. The Kier molecular flexibility index (Phi) is 11.1. The summed E-state index contributed by atoms with van der Waals surface area (Å²) in [6, 6.07) is 2.98. The molecule has 3 heterocycles. The number of aliphatic hydroxyl groups excluding tert-OH is 1. The van der Waals surface area contributed by atoms with E-state index in [-0.39, 0.29) is 38.1 Å². The van der Waals surface area contributed by atoms with Gasteiger partial charge in [-0.1, -0.05) is 13.3 Å². The molecule has 13 heteroatoms. The van der Waals surface area contributed by atoms with Crippen LogP contribution in [0.15, 0.2) is 12.1 Å². The van der Waals surface area contributed by atoms with Gasteiger partial charge in [0.1, 0.15) is 0 Å². The first-order valence-electron chi connectivity index (χ1n) is 15.0. The lowest BCUT2D eigenvalue weighted by molar-refractivity contribution is -0.143. The zero-order chi connectivity index (χ0) is 30.4. The van der Waals surface area contributed by atoms with Crippen LogP contribution in [0.25, 0.3) is 0 Å². The van der Waals surface area contributed by atoms with Crippen LogP contribution in [0.2, 0.25) is 0 Å².